The van der Waals surface area contributed by atoms with E-state index >= 15 is 0 Å². The van der Waals surface area contributed by atoms with Crippen LogP contribution in [0, 0.1) is 0 Å². The summed E-state index contributed by atoms with van der Waals surface area (Å²) < 4.78 is 0. The maximum atomic E-state index is 12.8. The number of rotatable bonds is 25. The molecule has 7 heteroatoms. The van der Waals surface area contributed by atoms with E-state index in [1.807, 2.05) is 13.3 Å². The molecule has 208 valence electrons. The zero-order valence-corrected chi connectivity index (χ0v) is 24.1. The Morgan fingerprint density at radius 1 is 0.800 bits per heavy atom. The molecule has 0 spiro atoms. The smallest absolute Gasteiger partial charge is 0.245 e. The number of nitrogens with two attached hydrogens (primary N) is 2. The second-order valence-corrected chi connectivity index (χ2v) is 11.0. The molecule has 0 saturated heterocycles. The highest BCUT2D eigenvalue weighted by atomic mass is 32.2. The number of hydrogen-bond donors (Lipinski definition) is 3. The van der Waals surface area contributed by atoms with Crippen molar-refractivity contribution in [2.45, 2.75) is 135 Å². The van der Waals surface area contributed by atoms with E-state index < -0.39 is 12.1 Å². The van der Waals surface area contributed by atoms with Crippen molar-refractivity contribution in [3.05, 3.63) is 0 Å². The van der Waals surface area contributed by atoms with E-state index in [0.29, 0.717) is 25.1 Å². The van der Waals surface area contributed by atoms with Crippen LogP contribution in [-0.4, -0.2) is 60.9 Å². The molecule has 6 nitrogen and oxygen atoms in total. The van der Waals surface area contributed by atoms with Crippen molar-refractivity contribution in [1.82, 2.24) is 10.2 Å². The molecular formula is C28H58N4O2S. The van der Waals surface area contributed by atoms with Crippen molar-refractivity contribution in [3.8, 4) is 0 Å². The standard InChI is InChI=1S/C28H58N4O2S/c1-4-5-6-7-8-9-10-11-12-13-14-15-16-17-18-19-23-32(2)28(34)26(24-35-3)31-27(33)25(30)21-20-22-29/h25-26H,4-24,29-30H2,1-3H3,(H,31,33). The van der Waals surface area contributed by atoms with Crippen LogP contribution in [0.15, 0.2) is 0 Å². The minimum absolute atomic E-state index is 0.0281. The van der Waals surface area contributed by atoms with Gasteiger partial charge < -0.3 is 21.7 Å². The van der Waals surface area contributed by atoms with Crippen LogP contribution in [0.4, 0.5) is 0 Å². The second-order valence-electron chi connectivity index (χ2n) is 10.1. The molecule has 0 aliphatic heterocycles. The molecule has 5 N–H and O–H groups in total. The predicted molar refractivity (Wildman–Crippen MR) is 154 cm³/mol. The first-order chi connectivity index (χ1) is 17.0. The Bertz CT molecular complexity index is 507. The number of carbonyl (C=O) groups is 2. The van der Waals surface area contributed by atoms with E-state index in [4.69, 9.17) is 11.5 Å². The lowest BCUT2D eigenvalue weighted by Gasteiger charge is -2.25. The molecule has 0 aromatic rings. The van der Waals surface area contributed by atoms with Gasteiger partial charge in [-0.3, -0.25) is 9.59 Å². The number of unbranched alkanes of at least 4 members (excludes halogenated alkanes) is 15. The van der Waals surface area contributed by atoms with Gasteiger partial charge in [-0.25, -0.2) is 0 Å². The SMILES string of the molecule is CCCCCCCCCCCCCCCCCCN(C)C(=O)C(CSC)NC(=O)C(N)CCCN. The Hall–Kier alpha value is -0.790. The van der Waals surface area contributed by atoms with Crippen molar-refractivity contribution in [3.63, 3.8) is 0 Å². The Kier molecular flexibility index (Phi) is 24.3. The lowest BCUT2D eigenvalue weighted by atomic mass is 10.0. The quantitative estimate of drug-likeness (QED) is 0.137. The number of nitrogens with one attached hydrogen (secondary N) is 1. The van der Waals surface area contributed by atoms with E-state index in [9.17, 15) is 9.59 Å². The van der Waals surface area contributed by atoms with Gasteiger partial charge in [-0.05, 0) is 32.1 Å². The molecule has 0 aliphatic carbocycles. The van der Waals surface area contributed by atoms with Crippen LogP contribution in [0.25, 0.3) is 0 Å². The largest absolute Gasteiger partial charge is 0.344 e. The van der Waals surface area contributed by atoms with Crippen LogP contribution in [0.3, 0.4) is 0 Å². The second kappa shape index (κ2) is 24.9. The molecule has 2 unspecified atom stereocenters. The van der Waals surface area contributed by atoms with Gasteiger partial charge in [0.1, 0.15) is 6.04 Å². The summed E-state index contributed by atoms with van der Waals surface area (Å²) in [5.41, 5.74) is 11.4. The van der Waals surface area contributed by atoms with E-state index in [1.165, 1.54) is 89.9 Å². The van der Waals surface area contributed by atoms with Gasteiger partial charge in [-0.2, -0.15) is 11.8 Å². The normalized spacial score (nSPS) is 12.9. The van der Waals surface area contributed by atoms with E-state index in [0.717, 1.165) is 19.4 Å². The summed E-state index contributed by atoms with van der Waals surface area (Å²) in [6, 6.07) is -1.13. The average Bonchev–Trinajstić information content (AvgIpc) is 2.85. The molecule has 0 aromatic heterocycles. The number of nitrogens with zero attached hydrogens (tertiary/aromatic N) is 1. The van der Waals surface area contributed by atoms with Gasteiger partial charge in [-0.15, -0.1) is 0 Å². The van der Waals surface area contributed by atoms with Crippen molar-refractivity contribution in [1.29, 1.82) is 0 Å². The van der Waals surface area contributed by atoms with Crippen LogP contribution in [0.1, 0.15) is 122 Å². The lowest BCUT2D eigenvalue weighted by Crippen LogP contribution is -2.53. The number of likely N-dealkylation sites (N-methyl/N-ethyl adjacent to an activating group) is 1. The monoisotopic (exact) mass is 514 g/mol. The van der Waals surface area contributed by atoms with Crippen molar-refractivity contribution in [2.75, 3.05) is 32.1 Å². The van der Waals surface area contributed by atoms with Crippen molar-refractivity contribution >= 4 is 23.6 Å². The highest BCUT2D eigenvalue weighted by molar-refractivity contribution is 7.98. The molecule has 0 saturated carbocycles. The molecular weight excluding hydrogens is 456 g/mol. The zero-order valence-electron chi connectivity index (χ0n) is 23.3. The van der Waals surface area contributed by atoms with Crippen LogP contribution in [0.2, 0.25) is 0 Å². The van der Waals surface area contributed by atoms with Crippen LogP contribution >= 0.6 is 11.8 Å². The molecule has 0 fully saturated rings. The Balaban J connectivity index is 3.80. The number of hydrogen-bond acceptors (Lipinski definition) is 5. The molecule has 2 atom stereocenters. The third-order valence-corrected chi connectivity index (χ3v) is 7.39. The summed E-state index contributed by atoms with van der Waals surface area (Å²) in [7, 11) is 1.83. The predicted octanol–water partition coefficient (Wildman–Crippen LogP) is 5.62. The maximum absolute atomic E-state index is 12.8. The van der Waals surface area contributed by atoms with Crippen molar-refractivity contribution < 1.29 is 9.59 Å². The third kappa shape index (κ3) is 20.0. The van der Waals surface area contributed by atoms with Gasteiger partial charge in [0.2, 0.25) is 11.8 Å². The van der Waals surface area contributed by atoms with Gasteiger partial charge in [0.25, 0.3) is 0 Å². The average molecular weight is 515 g/mol. The topological polar surface area (TPSA) is 101 Å². The molecule has 35 heavy (non-hydrogen) atoms. The lowest BCUT2D eigenvalue weighted by molar-refractivity contribution is -0.135. The number of thioether (sulfide) groups is 1. The highest BCUT2D eigenvalue weighted by Gasteiger charge is 2.25. The van der Waals surface area contributed by atoms with Gasteiger partial charge >= 0.3 is 0 Å². The fraction of sp³-hybridized carbons (Fsp3) is 0.929. The molecule has 2 amide bonds. The van der Waals surface area contributed by atoms with Gasteiger partial charge in [0, 0.05) is 19.3 Å². The Labute approximate surface area is 221 Å². The maximum Gasteiger partial charge on any atom is 0.245 e. The minimum atomic E-state index is -0.610. The Morgan fingerprint density at radius 2 is 1.26 bits per heavy atom. The summed E-state index contributed by atoms with van der Waals surface area (Å²) in [4.78, 5) is 26.9. The minimum Gasteiger partial charge on any atom is -0.344 e. The van der Waals surface area contributed by atoms with E-state index in [2.05, 4.69) is 12.2 Å². The Morgan fingerprint density at radius 3 is 1.69 bits per heavy atom. The molecule has 0 heterocycles. The van der Waals surface area contributed by atoms with Gasteiger partial charge in [0.15, 0.2) is 0 Å². The fourth-order valence-electron chi connectivity index (χ4n) is 4.36. The van der Waals surface area contributed by atoms with E-state index in [-0.39, 0.29) is 11.8 Å². The molecule has 0 aliphatic rings. The highest BCUT2D eigenvalue weighted by Crippen LogP contribution is 2.14. The summed E-state index contributed by atoms with van der Waals surface area (Å²) in [6.07, 6.45) is 24.6. The molecule has 0 rings (SSSR count). The molecule has 0 aromatic carbocycles. The van der Waals surface area contributed by atoms with Crippen LogP contribution in [0.5, 0.6) is 0 Å². The molecule has 0 bridgehead atoms. The first-order valence-electron chi connectivity index (χ1n) is 14.5. The first-order valence-corrected chi connectivity index (χ1v) is 15.9. The van der Waals surface area contributed by atoms with Crippen LogP contribution < -0.4 is 16.8 Å². The van der Waals surface area contributed by atoms with Gasteiger partial charge in [0.05, 0.1) is 6.04 Å². The summed E-state index contributed by atoms with van der Waals surface area (Å²) in [5, 5.41) is 2.85. The number of amides is 2. The summed E-state index contributed by atoms with van der Waals surface area (Å²) in [6.45, 7) is 3.52. The van der Waals surface area contributed by atoms with Crippen molar-refractivity contribution in [2.24, 2.45) is 11.5 Å². The van der Waals surface area contributed by atoms with Gasteiger partial charge in [-0.1, -0.05) is 103 Å². The van der Waals surface area contributed by atoms with Crippen LogP contribution in [-0.2, 0) is 9.59 Å². The molecule has 0 radical (unpaired) electrons. The fourth-order valence-corrected chi connectivity index (χ4v) is 4.92. The first kappa shape index (κ1) is 34.2. The summed E-state index contributed by atoms with van der Waals surface area (Å²) in [5.74, 6) is 0.263. The summed E-state index contributed by atoms with van der Waals surface area (Å²) >= 11 is 1.55. The zero-order chi connectivity index (χ0) is 26.2. The number of carbonyl (C=O) groups excluding carboxylic acids is 2. The third-order valence-electron chi connectivity index (χ3n) is 6.73. The van der Waals surface area contributed by atoms with E-state index in [1.54, 1.807) is 16.7 Å².